The first-order valence-corrected chi connectivity index (χ1v) is 11.4. The molecule has 1 N–H and O–H groups in total. The SMILES string of the molecule is CCOC(=O)Cc1cncc(-c2nc(NCc3ccccn3)c3c(-c4ccccc4)ccn3n2)c1. The van der Waals surface area contributed by atoms with Crippen LogP contribution < -0.4 is 5.32 Å². The molecule has 5 aromatic rings. The number of fused-ring (bicyclic) bond motifs is 1. The van der Waals surface area contributed by atoms with Crippen LogP contribution in [-0.2, 0) is 22.5 Å². The minimum absolute atomic E-state index is 0.142. The Morgan fingerprint density at radius 3 is 2.69 bits per heavy atom. The fourth-order valence-electron chi connectivity index (χ4n) is 3.88. The summed E-state index contributed by atoms with van der Waals surface area (Å²) in [5.74, 6) is 0.883. The summed E-state index contributed by atoms with van der Waals surface area (Å²) in [6, 6.07) is 19.9. The van der Waals surface area contributed by atoms with Crippen LogP contribution in [-0.4, -0.2) is 37.1 Å². The number of ether oxygens (including phenoxy) is 1. The lowest BCUT2D eigenvalue weighted by molar-refractivity contribution is -0.142. The zero-order valence-corrected chi connectivity index (χ0v) is 19.3. The summed E-state index contributed by atoms with van der Waals surface area (Å²) >= 11 is 0. The van der Waals surface area contributed by atoms with Crippen molar-refractivity contribution in [3.63, 3.8) is 0 Å². The van der Waals surface area contributed by atoms with Gasteiger partial charge in [-0.2, -0.15) is 0 Å². The van der Waals surface area contributed by atoms with Crippen LogP contribution in [0.1, 0.15) is 18.2 Å². The molecule has 0 aliphatic rings. The van der Waals surface area contributed by atoms with Gasteiger partial charge >= 0.3 is 5.97 Å². The van der Waals surface area contributed by atoms with Crippen LogP contribution in [0.3, 0.4) is 0 Å². The molecule has 35 heavy (non-hydrogen) atoms. The summed E-state index contributed by atoms with van der Waals surface area (Å²) < 4.78 is 6.89. The lowest BCUT2D eigenvalue weighted by atomic mass is 10.1. The van der Waals surface area contributed by atoms with Gasteiger partial charge < -0.3 is 10.1 Å². The van der Waals surface area contributed by atoms with E-state index in [4.69, 9.17) is 14.8 Å². The van der Waals surface area contributed by atoms with E-state index in [1.54, 1.807) is 25.5 Å². The highest BCUT2D eigenvalue weighted by Gasteiger charge is 2.16. The number of aromatic nitrogens is 5. The second-order valence-electron chi connectivity index (χ2n) is 7.91. The van der Waals surface area contributed by atoms with Crippen molar-refractivity contribution in [2.24, 2.45) is 0 Å². The topological polar surface area (TPSA) is 94.3 Å². The Labute approximate surface area is 202 Å². The summed E-state index contributed by atoms with van der Waals surface area (Å²) in [6.07, 6.45) is 7.18. The largest absolute Gasteiger partial charge is 0.466 e. The highest BCUT2D eigenvalue weighted by molar-refractivity contribution is 5.89. The molecule has 5 rings (SSSR count). The summed E-state index contributed by atoms with van der Waals surface area (Å²) in [5, 5.41) is 8.20. The fourth-order valence-corrected chi connectivity index (χ4v) is 3.88. The summed E-state index contributed by atoms with van der Waals surface area (Å²) in [4.78, 5) is 25.5. The van der Waals surface area contributed by atoms with Gasteiger partial charge in [-0.15, -0.1) is 5.10 Å². The predicted molar refractivity (Wildman–Crippen MR) is 134 cm³/mol. The minimum atomic E-state index is -0.293. The first-order valence-electron chi connectivity index (χ1n) is 11.4. The van der Waals surface area contributed by atoms with Crippen LogP contribution in [0.15, 0.2) is 85.5 Å². The Bertz CT molecular complexity index is 1450. The molecule has 8 heteroatoms. The standard InChI is InChI=1S/C27H24N6O2/c1-2-35-24(34)15-19-14-21(17-28-16-19)26-31-27(30-18-22-10-6-7-12-29-22)25-23(11-13-33(25)32-26)20-8-4-3-5-9-20/h3-14,16-17H,2,15,18H2,1H3,(H,30,31,32). The number of rotatable bonds is 8. The molecule has 8 nitrogen and oxygen atoms in total. The Hall–Kier alpha value is -4.59. The van der Waals surface area contributed by atoms with Crippen LogP contribution in [0.5, 0.6) is 0 Å². The van der Waals surface area contributed by atoms with E-state index < -0.39 is 0 Å². The number of benzene rings is 1. The van der Waals surface area contributed by atoms with Gasteiger partial charge in [0.15, 0.2) is 11.6 Å². The van der Waals surface area contributed by atoms with Crippen LogP contribution >= 0.6 is 0 Å². The molecule has 174 valence electrons. The zero-order valence-electron chi connectivity index (χ0n) is 19.3. The van der Waals surface area contributed by atoms with Crippen LogP contribution in [0.2, 0.25) is 0 Å². The average molecular weight is 465 g/mol. The molecule has 1 aromatic carbocycles. The maximum absolute atomic E-state index is 11.9. The van der Waals surface area contributed by atoms with E-state index in [2.05, 4.69) is 27.4 Å². The predicted octanol–water partition coefficient (Wildman–Crippen LogP) is 4.57. The first kappa shape index (κ1) is 22.2. The smallest absolute Gasteiger partial charge is 0.310 e. The Morgan fingerprint density at radius 2 is 1.89 bits per heavy atom. The van der Waals surface area contributed by atoms with Gasteiger partial charge in [0.1, 0.15) is 5.52 Å². The number of carbonyl (C=O) groups excluding carboxylic acids is 1. The number of pyridine rings is 2. The van der Waals surface area contributed by atoms with Crippen molar-refractivity contribution in [1.82, 2.24) is 24.6 Å². The quantitative estimate of drug-likeness (QED) is 0.336. The normalized spacial score (nSPS) is 10.9. The second kappa shape index (κ2) is 10.1. The molecule has 0 bridgehead atoms. The van der Waals surface area contributed by atoms with Gasteiger partial charge in [-0.25, -0.2) is 9.50 Å². The van der Waals surface area contributed by atoms with E-state index in [0.717, 1.165) is 27.9 Å². The molecular weight excluding hydrogens is 440 g/mol. The number of carbonyl (C=O) groups is 1. The van der Waals surface area contributed by atoms with Gasteiger partial charge in [-0.05, 0) is 42.3 Å². The number of anilines is 1. The summed E-state index contributed by atoms with van der Waals surface area (Å²) in [5.41, 5.74) is 5.32. The molecule has 0 unspecified atom stereocenters. The van der Waals surface area contributed by atoms with E-state index in [-0.39, 0.29) is 12.4 Å². The van der Waals surface area contributed by atoms with E-state index in [0.29, 0.717) is 30.4 Å². The molecule has 0 saturated heterocycles. The Kier molecular flexibility index (Phi) is 6.43. The molecule has 0 aliphatic heterocycles. The molecular formula is C27H24N6O2. The third kappa shape index (κ3) is 5.01. The molecule has 0 fully saturated rings. The minimum Gasteiger partial charge on any atom is -0.466 e. The average Bonchev–Trinajstić information content (AvgIpc) is 3.33. The van der Waals surface area contributed by atoms with E-state index in [1.807, 2.05) is 59.2 Å². The molecule has 0 spiro atoms. The van der Waals surface area contributed by atoms with Crippen molar-refractivity contribution < 1.29 is 9.53 Å². The maximum Gasteiger partial charge on any atom is 0.310 e. The first-order chi connectivity index (χ1) is 17.2. The zero-order chi connectivity index (χ0) is 24.0. The van der Waals surface area contributed by atoms with Gasteiger partial charge in [-0.3, -0.25) is 14.8 Å². The Morgan fingerprint density at radius 1 is 1.03 bits per heavy atom. The third-order valence-electron chi connectivity index (χ3n) is 5.47. The number of nitrogens with one attached hydrogen (secondary N) is 1. The van der Waals surface area contributed by atoms with Crippen molar-refractivity contribution in [2.75, 3.05) is 11.9 Å². The highest BCUT2D eigenvalue weighted by atomic mass is 16.5. The van der Waals surface area contributed by atoms with Crippen molar-refractivity contribution >= 4 is 17.3 Å². The molecule has 4 aromatic heterocycles. The maximum atomic E-state index is 11.9. The lowest BCUT2D eigenvalue weighted by Gasteiger charge is -2.12. The van der Waals surface area contributed by atoms with Crippen molar-refractivity contribution in [3.8, 4) is 22.5 Å². The lowest BCUT2D eigenvalue weighted by Crippen LogP contribution is -2.09. The van der Waals surface area contributed by atoms with E-state index >= 15 is 0 Å². The van der Waals surface area contributed by atoms with Crippen LogP contribution in [0.25, 0.3) is 28.0 Å². The molecule has 4 heterocycles. The third-order valence-corrected chi connectivity index (χ3v) is 5.47. The number of hydrogen-bond acceptors (Lipinski definition) is 7. The van der Waals surface area contributed by atoms with E-state index in [1.165, 1.54) is 0 Å². The second-order valence-corrected chi connectivity index (χ2v) is 7.91. The molecule has 0 aliphatic carbocycles. The van der Waals surface area contributed by atoms with E-state index in [9.17, 15) is 4.79 Å². The van der Waals surface area contributed by atoms with Crippen molar-refractivity contribution in [3.05, 3.63) is 96.7 Å². The summed E-state index contributed by atoms with van der Waals surface area (Å²) in [7, 11) is 0. The molecule has 0 saturated carbocycles. The monoisotopic (exact) mass is 464 g/mol. The number of hydrogen-bond donors (Lipinski definition) is 1. The van der Waals surface area contributed by atoms with Gasteiger partial charge in [-0.1, -0.05) is 36.4 Å². The number of nitrogens with zero attached hydrogens (tertiary/aromatic N) is 5. The molecule has 0 atom stereocenters. The van der Waals surface area contributed by atoms with Gasteiger partial charge in [0.2, 0.25) is 0 Å². The fraction of sp³-hybridized carbons (Fsp3) is 0.148. The van der Waals surface area contributed by atoms with Gasteiger partial charge in [0.05, 0.1) is 25.3 Å². The van der Waals surface area contributed by atoms with Gasteiger partial charge in [0.25, 0.3) is 0 Å². The van der Waals surface area contributed by atoms with Crippen molar-refractivity contribution in [1.29, 1.82) is 0 Å². The Balaban J connectivity index is 1.56. The summed E-state index contributed by atoms with van der Waals surface area (Å²) in [6.45, 7) is 2.64. The molecule has 0 amide bonds. The molecule has 0 radical (unpaired) electrons. The van der Waals surface area contributed by atoms with Crippen LogP contribution in [0.4, 0.5) is 5.82 Å². The van der Waals surface area contributed by atoms with Crippen molar-refractivity contribution in [2.45, 2.75) is 19.9 Å². The number of esters is 1. The van der Waals surface area contributed by atoms with Gasteiger partial charge in [0, 0.05) is 35.9 Å². The van der Waals surface area contributed by atoms with Crippen LogP contribution in [0, 0.1) is 0 Å². The highest BCUT2D eigenvalue weighted by Crippen LogP contribution is 2.31.